The van der Waals surface area contributed by atoms with E-state index in [1.165, 1.54) is 12.1 Å². The van der Waals surface area contributed by atoms with E-state index in [4.69, 9.17) is 4.99 Å². The molecule has 9 nitrogen and oxygen atoms in total. The van der Waals surface area contributed by atoms with Crippen LogP contribution in [0.1, 0.15) is 44.4 Å². The Bertz CT molecular complexity index is 1750. The van der Waals surface area contributed by atoms with Gasteiger partial charge in [0.1, 0.15) is 5.82 Å². The van der Waals surface area contributed by atoms with Gasteiger partial charge in [-0.15, -0.1) is 0 Å². The number of hydrogen-bond donors (Lipinski definition) is 2. The molecular formula is C36H43FN6O3. The molecule has 3 aromatic carbocycles. The topological polar surface area (TPSA) is 95.5 Å². The SMILES string of the molecule is CC(=O)N(Cc1cccc(C(=Nc2ccc(N(C)C(=O)CN3CCN(C)CC3)cc2)c2c(O)[nH]c3cc(F)ccc23)c1)C(C)(C)C. The molecule has 2 amide bonds. The van der Waals surface area contributed by atoms with Gasteiger partial charge in [0.25, 0.3) is 0 Å². The van der Waals surface area contributed by atoms with Crippen molar-refractivity contribution in [3.63, 3.8) is 0 Å². The number of aromatic amines is 1. The minimum absolute atomic E-state index is 0.0177. The molecule has 2 heterocycles. The molecule has 1 aliphatic rings. The maximum atomic E-state index is 14.1. The van der Waals surface area contributed by atoms with E-state index in [-0.39, 0.29) is 23.2 Å². The number of anilines is 1. The predicted octanol–water partition coefficient (Wildman–Crippen LogP) is 5.54. The lowest BCUT2D eigenvalue weighted by atomic mass is 9.98. The number of halogens is 1. The van der Waals surface area contributed by atoms with Crippen molar-refractivity contribution in [3.05, 3.63) is 89.2 Å². The summed E-state index contributed by atoms with van der Waals surface area (Å²) in [5.74, 6) is -0.566. The van der Waals surface area contributed by atoms with Crippen LogP contribution in [-0.4, -0.2) is 94.7 Å². The van der Waals surface area contributed by atoms with Crippen molar-refractivity contribution in [2.24, 2.45) is 4.99 Å². The van der Waals surface area contributed by atoms with E-state index < -0.39 is 5.82 Å². The summed E-state index contributed by atoms with van der Waals surface area (Å²) in [6, 6.07) is 19.4. The van der Waals surface area contributed by atoms with Crippen molar-refractivity contribution >= 4 is 39.8 Å². The van der Waals surface area contributed by atoms with Crippen LogP contribution in [0.3, 0.4) is 0 Å². The number of likely N-dealkylation sites (N-methyl/N-ethyl adjacent to an activating group) is 2. The zero-order valence-electron chi connectivity index (χ0n) is 27.5. The Kier molecular flexibility index (Phi) is 9.60. The largest absolute Gasteiger partial charge is 0.494 e. The van der Waals surface area contributed by atoms with E-state index >= 15 is 0 Å². The van der Waals surface area contributed by atoms with Gasteiger partial charge in [-0.2, -0.15) is 0 Å². The van der Waals surface area contributed by atoms with Gasteiger partial charge in [0, 0.05) is 68.9 Å². The van der Waals surface area contributed by atoms with Crippen LogP contribution in [0.2, 0.25) is 0 Å². The number of aliphatic imine (C=N–C) groups is 1. The van der Waals surface area contributed by atoms with Gasteiger partial charge in [0.15, 0.2) is 5.88 Å². The fourth-order valence-corrected chi connectivity index (χ4v) is 5.81. The van der Waals surface area contributed by atoms with Gasteiger partial charge >= 0.3 is 0 Å². The Morgan fingerprint density at radius 3 is 2.35 bits per heavy atom. The predicted molar refractivity (Wildman–Crippen MR) is 181 cm³/mol. The second kappa shape index (κ2) is 13.4. The highest BCUT2D eigenvalue weighted by Gasteiger charge is 2.25. The van der Waals surface area contributed by atoms with Crippen molar-refractivity contribution in [1.29, 1.82) is 0 Å². The summed E-state index contributed by atoms with van der Waals surface area (Å²) in [6.07, 6.45) is 0. The second-order valence-corrected chi connectivity index (χ2v) is 13.0. The molecule has 0 radical (unpaired) electrons. The molecule has 4 aromatic rings. The van der Waals surface area contributed by atoms with Crippen molar-refractivity contribution in [2.45, 2.75) is 39.8 Å². The molecule has 0 saturated carbocycles. The van der Waals surface area contributed by atoms with Gasteiger partial charge in [0.2, 0.25) is 11.8 Å². The molecular weight excluding hydrogens is 583 g/mol. The molecule has 1 aromatic heterocycles. The minimum atomic E-state index is -0.422. The maximum absolute atomic E-state index is 14.1. The zero-order chi connectivity index (χ0) is 33.2. The number of H-pyrrole nitrogens is 1. The van der Waals surface area contributed by atoms with Gasteiger partial charge in [0.05, 0.1) is 29.0 Å². The van der Waals surface area contributed by atoms with E-state index in [1.807, 2.05) is 69.3 Å². The summed E-state index contributed by atoms with van der Waals surface area (Å²) >= 11 is 0. The average Bonchev–Trinajstić information content (AvgIpc) is 3.33. The molecule has 1 aliphatic heterocycles. The lowest BCUT2D eigenvalue weighted by Gasteiger charge is -2.35. The summed E-state index contributed by atoms with van der Waals surface area (Å²) in [4.78, 5) is 41.3. The number of piperazine rings is 1. The van der Waals surface area contributed by atoms with Gasteiger partial charge < -0.3 is 24.8 Å². The first kappa shape index (κ1) is 32.8. The quantitative estimate of drug-likeness (QED) is 0.251. The number of aromatic nitrogens is 1. The van der Waals surface area contributed by atoms with E-state index in [0.717, 1.165) is 43.0 Å². The number of aromatic hydroxyl groups is 1. The first-order valence-corrected chi connectivity index (χ1v) is 15.5. The summed E-state index contributed by atoms with van der Waals surface area (Å²) in [6.45, 7) is 11.9. The number of benzene rings is 3. The normalized spacial score (nSPS) is 14.9. The second-order valence-electron chi connectivity index (χ2n) is 13.0. The molecule has 0 atom stereocenters. The van der Waals surface area contributed by atoms with E-state index in [1.54, 1.807) is 29.8 Å². The molecule has 1 saturated heterocycles. The molecule has 10 heteroatoms. The number of carbonyl (C=O) groups excluding carboxylic acids is 2. The van der Waals surface area contributed by atoms with Crippen molar-refractivity contribution < 1.29 is 19.1 Å². The number of amides is 2. The minimum Gasteiger partial charge on any atom is -0.494 e. The highest BCUT2D eigenvalue weighted by Crippen LogP contribution is 2.33. The van der Waals surface area contributed by atoms with Crippen LogP contribution in [0.4, 0.5) is 15.8 Å². The molecule has 2 N–H and O–H groups in total. The van der Waals surface area contributed by atoms with Crippen LogP contribution < -0.4 is 4.90 Å². The number of carbonyl (C=O) groups is 2. The van der Waals surface area contributed by atoms with Crippen LogP contribution in [0, 0.1) is 5.82 Å². The Labute approximate surface area is 269 Å². The van der Waals surface area contributed by atoms with Crippen LogP contribution >= 0.6 is 0 Å². The van der Waals surface area contributed by atoms with Crippen LogP contribution in [-0.2, 0) is 16.1 Å². The Morgan fingerprint density at radius 1 is 1.00 bits per heavy atom. The van der Waals surface area contributed by atoms with Crippen LogP contribution in [0.25, 0.3) is 10.9 Å². The summed E-state index contributed by atoms with van der Waals surface area (Å²) < 4.78 is 14.1. The van der Waals surface area contributed by atoms with Gasteiger partial charge in [-0.25, -0.2) is 9.38 Å². The third kappa shape index (κ3) is 7.46. The number of nitrogens with zero attached hydrogens (tertiary/aromatic N) is 5. The fourth-order valence-electron chi connectivity index (χ4n) is 5.81. The highest BCUT2D eigenvalue weighted by atomic mass is 19.1. The molecule has 1 fully saturated rings. The third-order valence-electron chi connectivity index (χ3n) is 8.52. The van der Waals surface area contributed by atoms with E-state index in [9.17, 15) is 19.1 Å². The smallest absolute Gasteiger partial charge is 0.240 e. The number of nitrogens with one attached hydrogen (secondary N) is 1. The van der Waals surface area contributed by atoms with Crippen LogP contribution in [0.5, 0.6) is 5.88 Å². The lowest BCUT2D eigenvalue weighted by Crippen LogP contribution is -2.48. The Morgan fingerprint density at radius 2 is 1.70 bits per heavy atom. The van der Waals surface area contributed by atoms with Crippen molar-refractivity contribution in [1.82, 2.24) is 19.7 Å². The molecule has 0 unspecified atom stereocenters. The van der Waals surface area contributed by atoms with E-state index in [2.05, 4.69) is 21.8 Å². The maximum Gasteiger partial charge on any atom is 0.240 e. The molecule has 242 valence electrons. The highest BCUT2D eigenvalue weighted by molar-refractivity contribution is 6.22. The first-order chi connectivity index (χ1) is 21.8. The number of rotatable bonds is 8. The van der Waals surface area contributed by atoms with Crippen molar-refractivity contribution in [3.8, 4) is 5.88 Å². The summed E-state index contributed by atoms with van der Waals surface area (Å²) in [7, 11) is 3.87. The van der Waals surface area contributed by atoms with E-state index in [0.29, 0.717) is 41.0 Å². The number of fused-ring (bicyclic) bond motifs is 1. The first-order valence-electron chi connectivity index (χ1n) is 15.5. The monoisotopic (exact) mass is 626 g/mol. The lowest BCUT2D eigenvalue weighted by molar-refractivity contribution is -0.134. The molecule has 46 heavy (non-hydrogen) atoms. The Hall–Kier alpha value is -4.54. The van der Waals surface area contributed by atoms with Gasteiger partial charge in [-0.1, -0.05) is 18.2 Å². The zero-order valence-corrected chi connectivity index (χ0v) is 27.5. The number of hydrogen-bond acceptors (Lipinski definition) is 6. The molecule has 5 rings (SSSR count). The van der Waals surface area contributed by atoms with Crippen molar-refractivity contribution in [2.75, 3.05) is 51.7 Å². The van der Waals surface area contributed by atoms with Gasteiger partial charge in [-0.05, 0) is 81.9 Å². The summed E-state index contributed by atoms with van der Waals surface area (Å²) in [5.41, 5.74) is 3.97. The van der Waals surface area contributed by atoms with Gasteiger partial charge in [-0.3, -0.25) is 14.5 Å². The summed E-state index contributed by atoms with van der Waals surface area (Å²) in [5, 5.41) is 11.7. The Balaban J connectivity index is 1.50. The standard InChI is InChI=1S/C36H43FN6O3/c1-24(44)43(36(2,3)4)22-25-8-7-9-26(20-25)34(33-30-15-10-27(37)21-31(30)39-35(33)46)38-28-11-13-29(14-12-28)41(6)32(45)23-42-18-16-40(5)17-19-42/h7-15,20-21,39,46H,16-19,22-23H2,1-6H3. The van der Waals surface area contributed by atoms with Crippen LogP contribution in [0.15, 0.2) is 71.7 Å². The molecule has 0 bridgehead atoms. The third-order valence-corrected chi connectivity index (χ3v) is 8.52. The fraction of sp³-hybridized carbons (Fsp3) is 0.361. The molecule has 0 spiro atoms. The molecule has 0 aliphatic carbocycles. The average molecular weight is 627 g/mol.